The number of amides is 1. The number of rotatable bonds is 4. The molecule has 0 heterocycles. The Bertz CT molecular complexity index is 513. The number of phenolic OH excluding ortho intramolecular Hbond substituents is 1. The van der Waals surface area contributed by atoms with Crippen LogP contribution in [-0.4, -0.2) is 54.0 Å². The van der Waals surface area contributed by atoms with Crippen LogP contribution in [0.5, 0.6) is 5.75 Å². The van der Waals surface area contributed by atoms with Crippen LogP contribution in [0.3, 0.4) is 0 Å². The third-order valence-electron chi connectivity index (χ3n) is 4.30. The Labute approximate surface area is 128 Å². The molecule has 1 saturated carbocycles. The average Bonchev–Trinajstić information content (AvgIpc) is 2.32. The lowest BCUT2D eigenvalue weighted by Gasteiger charge is -2.49. The molecule has 2 rings (SSSR count). The fourth-order valence-electron chi connectivity index (χ4n) is 2.74. The van der Waals surface area contributed by atoms with E-state index in [1.54, 1.807) is 30.1 Å². The van der Waals surface area contributed by atoms with Crippen LogP contribution in [0.25, 0.3) is 0 Å². The minimum absolute atomic E-state index is 0.0173. The maximum absolute atomic E-state index is 12.4. The number of benzene rings is 1. The first-order chi connectivity index (χ1) is 9.35. The summed E-state index contributed by atoms with van der Waals surface area (Å²) < 4.78 is 0.762. The number of halogens is 1. The van der Waals surface area contributed by atoms with Gasteiger partial charge < -0.3 is 14.9 Å². The van der Waals surface area contributed by atoms with Crippen molar-refractivity contribution in [1.29, 1.82) is 0 Å². The van der Waals surface area contributed by atoms with Crippen molar-refractivity contribution < 1.29 is 9.90 Å². The van der Waals surface area contributed by atoms with Gasteiger partial charge in [0.05, 0.1) is 5.56 Å². The second kappa shape index (κ2) is 5.74. The van der Waals surface area contributed by atoms with Gasteiger partial charge in [-0.3, -0.25) is 4.79 Å². The summed E-state index contributed by atoms with van der Waals surface area (Å²) in [6.07, 6.45) is 3.44. The highest BCUT2D eigenvalue weighted by Crippen LogP contribution is 2.37. The predicted molar refractivity (Wildman–Crippen MR) is 83.0 cm³/mol. The minimum atomic E-state index is -0.136. The standard InChI is InChI=1S/C15H21BrN2O2/c1-17(2)15(7-4-8-15)10-18(3)14(20)12-6-5-11(16)9-13(12)19/h5-6,9,19H,4,7-8,10H2,1-3H3. The molecule has 1 aromatic carbocycles. The van der Waals surface area contributed by atoms with E-state index < -0.39 is 0 Å². The van der Waals surface area contributed by atoms with E-state index in [-0.39, 0.29) is 17.2 Å². The summed E-state index contributed by atoms with van der Waals surface area (Å²) in [4.78, 5) is 16.4. The number of aromatic hydroxyl groups is 1. The molecule has 4 nitrogen and oxygen atoms in total. The van der Waals surface area contributed by atoms with Crippen LogP contribution in [0.15, 0.2) is 22.7 Å². The number of hydrogen-bond acceptors (Lipinski definition) is 3. The van der Waals surface area contributed by atoms with Crippen LogP contribution in [0, 0.1) is 0 Å². The minimum Gasteiger partial charge on any atom is -0.507 e. The Kier molecular flexibility index (Phi) is 4.39. The molecule has 5 heteroatoms. The molecule has 1 amide bonds. The van der Waals surface area contributed by atoms with Crippen LogP contribution >= 0.6 is 15.9 Å². The molecular formula is C15H21BrN2O2. The molecule has 0 aliphatic heterocycles. The molecule has 20 heavy (non-hydrogen) atoms. The largest absolute Gasteiger partial charge is 0.507 e. The number of likely N-dealkylation sites (N-methyl/N-ethyl adjacent to an activating group) is 2. The van der Waals surface area contributed by atoms with E-state index in [0.29, 0.717) is 12.1 Å². The lowest BCUT2D eigenvalue weighted by atomic mass is 9.75. The van der Waals surface area contributed by atoms with E-state index in [1.807, 2.05) is 0 Å². The van der Waals surface area contributed by atoms with Crippen molar-refractivity contribution in [2.24, 2.45) is 0 Å². The molecule has 0 radical (unpaired) electrons. The zero-order valence-corrected chi connectivity index (χ0v) is 13.8. The average molecular weight is 341 g/mol. The molecule has 1 aromatic rings. The quantitative estimate of drug-likeness (QED) is 0.916. The molecule has 1 aliphatic rings. The molecule has 0 atom stereocenters. The van der Waals surface area contributed by atoms with Crippen molar-refractivity contribution in [2.45, 2.75) is 24.8 Å². The summed E-state index contributed by atoms with van der Waals surface area (Å²) in [5, 5.41) is 9.90. The van der Waals surface area contributed by atoms with Gasteiger partial charge in [0.2, 0.25) is 0 Å². The highest BCUT2D eigenvalue weighted by atomic mass is 79.9. The van der Waals surface area contributed by atoms with E-state index >= 15 is 0 Å². The Hall–Kier alpha value is -1.07. The van der Waals surface area contributed by atoms with Gasteiger partial charge in [0.15, 0.2) is 0 Å². The van der Waals surface area contributed by atoms with Crippen molar-refractivity contribution in [1.82, 2.24) is 9.80 Å². The summed E-state index contributed by atoms with van der Waals surface area (Å²) in [5.74, 6) is -0.119. The van der Waals surface area contributed by atoms with Gasteiger partial charge in [0.25, 0.3) is 5.91 Å². The fraction of sp³-hybridized carbons (Fsp3) is 0.533. The number of carbonyl (C=O) groups is 1. The molecule has 0 aromatic heterocycles. The zero-order valence-electron chi connectivity index (χ0n) is 12.2. The number of carbonyl (C=O) groups excluding carboxylic acids is 1. The van der Waals surface area contributed by atoms with Crippen LogP contribution in [-0.2, 0) is 0 Å². The van der Waals surface area contributed by atoms with Crippen LogP contribution < -0.4 is 0 Å². The topological polar surface area (TPSA) is 43.8 Å². The smallest absolute Gasteiger partial charge is 0.257 e. The van der Waals surface area contributed by atoms with E-state index in [1.165, 1.54) is 6.42 Å². The first-order valence-electron chi connectivity index (χ1n) is 6.77. The highest BCUT2D eigenvalue weighted by Gasteiger charge is 2.40. The number of hydrogen-bond donors (Lipinski definition) is 1. The molecule has 0 unspecified atom stereocenters. The second-order valence-electron chi connectivity index (χ2n) is 5.80. The summed E-state index contributed by atoms with van der Waals surface area (Å²) in [7, 11) is 5.93. The summed E-state index contributed by atoms with van der Waals surface area (Å²) >= 11 is 3.28. The number of nitrogens with zero attached hydrogens (tertiary/aromatic N) is 2. The van der Waals surface area contributed by atoms with Gasteiger partial charge in [0, 0.05) is 23.6 Å². The normalized spacial score (nSPS) is 16.9. The van der Waals surface area contributed by atoms with Gasteiger partial charge in [-0.1, -0.05) is 15.9 Å². The molecule has 1 fully saturated rings. The highest BCUT2D eigenvalue weighted by molar-refractivity contribution is 9.10. The molecule has 110 valence electrons. The third kappa shape index (κ3) is 2.83. The van der Waals surface area contributed by atoms with Gasteiger partial charge in [-0.2, -0.15) is 0 Å². The maximum Gasteiger partial charge on any atom is 0.257 e. The first kappa shape index (κ1) is 15.3. The van der Waals surface area contributed by atoms with Gasteiger partial charge in [-0.05, 0) is 51.6 Å². The fourth-order valence-corrected chi connectivity index (χ4v) is 3.09. The summed E-state index contributed by atoms with van der Waals surface area (Å²) in [6, 6.07) is 4.97. The Morgan fingerprint density at radius 1 is 1.35 bits per heavy atom. The van der Waals surface area contributed by atoms with Crippen molar-refractivity contribution in [3.63, 3.8) is 0 Å². The zero-order chi connectivity index (χ0) is 14.9. The Morgan fingerprint density at radius 3 is 2.45 bits per heavy atom. The van der Waals surface area contributed by atoms with E-state index in [9.17, 15) is 9.90 Å². The van der Waals surface area contributed by atoms with Crippen molar-refractivity contribution >= 4 is 21.8 Å². The van der Waals surface area contributed by atoms with Crippen molar-refractivity contribution in [3.05, 3.63) is 28.2 Å². The lowest BCUT2D eigenvalue weighted by molar-refractivity contribution is 0.0251. The van der Waals surface area contributed by atoms with Gasteiger partial charge >= 0.3 is 0 Å². The van der Waals surface area contributed by atoms with Crippen LogP contribution in [0.1, 0.15) is 29.6 Å². The number of phenols is 1. The SMILES string of the molecule is CN(CC1(N(C)C)CCC1)C(=O)c1ccc(Br)cc1O. The molecule has 0 saturated heterocycles. The molecule has 1 aliphatic carbocycles. The van der Waals surface area contributed by atoms with Gasteiger partial charge in [-0.25, -0.2) is 0 Å². The van der Waals surface area contributed by atoms with Gasteiger partial charge in [0.1, 0.15) is 5.75 Å². The van der Waals surface area contributed by atoms with Crippen LogP contribution in [0.4, 0.5) is 0 Å². The van der Waals surface area contributed by atoms with Gasteiger partial charge in [-0.15, -0.1) is 0 Å². The lowest BCUT2D eigenvalue weighted by Crippen LogP contribution is -2.57. The Balaban J connectivity index is 2.12. The van der Waals surface area contributed by atoms with E-state index in [4.69, 9.17) is 0 Å². The molecule has 0 bridgehead atoms. The summed E-state index contributed by atoms with van der Waals surface area (Å²) in [6.45, 7) is 0.689. The van der Waals surface area contributed by atoms with Crippen molar-refractivity contribution in [3.8, 4) is 5.75 Å². The third-order valence-corrected chi connectivity index (χ3v) is 4.79. The molecular weight excluding hydrogens is 320 g/mol. The first-order valence-corrected chi connectivity index (χ1v) is 7.56. The Morgan fingerprint density at radius 2 is 2.00 bits per heavy atom. The van der Waals surface area contributed by atoms with E-state index in [2.05, 4.69) is 34.9 Å². The molecule has 0 spiro atoms. The molecule has 1 N–H and O–H groups in total. The van der Waals surface area contributed by atoms with Crippen molar-refractivity contribution in [2.75, 3.05) is 27.7 Å². The van der Waals surface area contributed by atoms with Crippen LogP contribution in [0.2, 0.25) is 0 Å². The second-order valence-corrected chi connectivity index (χ2v) is 6.71. The monoisotopic (exact) mass is 340 g/mol. The maximum atomic E-state index is 12.4. The van der Waals surface area contributed by atoms with E-state index in [0.717, 1.165) is 17.3 Å². The summed E-state index contributed by atoms with van der Waals surface area (Å²) in [5.41, 5.74) is 0.444. The predicted octanol–water partition coefficient (Wildman–Crippen LogP) is 2.71.